The predicted octanol–water partition coefficient (Wildman–Crippen LogP) is 9.25. The molecule has 0 aromatic heterocycles. The van der Waals surface area contributed by atoms with Gasteiger partial charge in [-0.1, -0.05) is 62.3 Å². The highest BCUT2D eigenvalue weighted by molar-refractivity contribution is 7.49. The first-order valence-electron chi connectivity index (χ1n) is 13.6. The van der Waals surface area contributed by atoms with E-state index in [4.69, 9.17) is 27.8 Å². The maximum atomic E-state index is 14.9. The van der Waals surface area contributed by atoms with Gasteiger partial charge in [0.15, 0.2) is 0 Å². The first kappa shape index (κ1) is 32.2. The SMILES string of the molecule is COc1ccc(OP(=O)(Oc2ccc(OC)cc2C(C)(C)C)Oc2ccc(OC)cc2C(C)(C)C)c(C(C)(C)C)c1. The van der Waals surface area contributed by atoms with Crippen molar-refractivity contribution in [3.8, 4) is 34.5 Å². The molecule has 0 spiro atoms. The molecule has 0 fully saturated rings. The number of phosphoric acid groups is 1. The summed E-state index contributed by atoms with van der Waals surface area (Å²) in [6.45, 7) is 18.4. The van der Waals surface area contributed by atoms with Gasteiger partial charge in [-0.25, -0.2) is 0 Å². The lowest BCUT2D eigenvalue weighted by atomic mass is 9.86. The van der Waals surface area contributed by atoms with Crippen LogP contribution in [0.5, 0.6) is 34.5 Å². The first-order chi connectivity index (χ1) is 18.9. The third-order valence-electron chi connectivity index (χ3n) is 6.61. The van der Waals surface area contributed by atoms with Crippen molar-refractivity contribution in [1.82, 2.24) is 0 Å². The smallest absolute Gasteiger partial charge is 0.497 e. The van der Waals surface area contributed by atoms with Crippen molar-refractivity contribution in [2.75, 3.05) is 21.3 Å². The second kappa shape index (κ2) is 11.9. The van der Waals surface area contributed by atoms with Crippen molar-refractivity contribution in [2.24, 2.45) is 0 Å². The number of hydrogen-bond donors (Lipinski definition) is 0. The van der Waals surface area contributed by atoms with Crippen molar-refractivity contribution in [2.45, 2.75) is 78.6 Å². The molecule has 3 aromatic rings. The Balaban J connectivity index is 2.23. The minimum absolute atomic E-state index is 0.359. The van der Waals surface area contributed by atoms with Crippen LogP contribution >= 0.6 is 7.82 Å². The van der Waals surface area contributed by atoms with Gasteiger partial charge >= 0.3 is 7.82 Å². The van der Waals surface area contributed by atoms with E-state index < -0.39 is 7.82 Å². The molecule has 224 valence electrons. The van der Waals surface area contributed by atoms with Gasteiger partial charge < -0.3 is 27.8 Å². The second-order valence-electron chi connectivity index (χ2n) is 13.1. The van der Waals surface area contributed by atoms with Crippen molar-refractivity contribution < 1.29 is 32.3 Å². The van der Waals surface area contributed by atoms with Gasteiger partial charge in [0, 0.05) is 16.7 Å². The van der Waals surface area contributed by atoms with E-state index in [0.29, 0.717) is 34.5 Å². The molecule has 0 aliphatic carbocycles. The standard InChI is InChI=1S/C33H45O7P/c1-31(2,3)25-19-22(35-10)13-16-28(25)38-41(34,39-29-17-14-23(36-11)20-26(29)32(4,5)6)40-30-18-15-24(37-12)21-27(30)33(7,8)9/h13-21H,1-12H3. The van der Waals surface area contributed by atoms with Gasteiger partial charge in [0.2, 0.25) is 0 Å². The van der Waals surface area contributed by atoms with Crippen LogP contribution in [0.1, 0.15) is 79.0 Å². The maximum Gasteiger partial charge on any atom is 0.647 e. The number of benzene rings is 3. The van der Waals surface area contributed by atoms with Crippen LogP contribution in [-0.2, 0) is 20.8 Å². The summed E-state index contributed by atoms with van der Waals surface area (Å²) in [6.07, 6.45) is 0. The highest BCUT2D eigenvalue weighted by Gasteiger charge is 2.39. The van der Waals surface area contributed by atoms with Crippen molar-refractivity contribution >= 4 is 7.82 Å². The quantitative estimate of drug-likeness (QED) is 0.232. The fourth-order valence-electron chi connectivity index (χ4n) is 4.32. The van der Waals surface area contributed by atoms with Crippen LogP contribution in [-0.4, -0.2) is 21.3 Å². The second-order valence-corrected chi connectivity index (χ2v) is 14.5. The van der Waals surface area contributed by atoms with Gasteiger partial charge in [0.05, 0.1) is 21.3 Å². The monoisotopic (exact) mass is 584 g/mol. The molecule has 7 nitrogen and oxygen atoms in total. The zero-order valence-electron chi connectivity index (χ0n) is 26.5. The van der Waals surface area contributed by atoms with Crippen LogP contribution in [0, 0.1) is 0 Å². The van der Waals surface area contributed by atoms with Crippen LogP contribution in [0.2, 0.25) is 0 Å². The fraction of sp³-hybridized carbons (Fsp3) is 0.455. The minimum atomic E-state index is -4.37. The highest BCUT2D eigenvalue weighted by atomic mass is 31.2. The molecular weight excluding hydrogens is 539 g/mol. The van der Waals surface area contributed by atoms with Gasteiger partial charge in [-0.05, 0) is 70.8 Å². The normalized spacial score (nSPS) is 12.5. The molecule has 3 rings (SSSR count). The molecule has 0 amide bonds. The van der Waals surface area contributed by atoms with Crippen LogP contribution in [0.4, 0.5) is 0 Å². The van der Waals surface area contributed by atoms with Crippen molar-refractivity contribution in [1.29, 1.82) is 0 Å². The summed E-state index contributed by atoms with van der Waals surface area (Å²) in [6, 6.07) is 16.1. The summed E-state index contributed by atoms with van der Waals surface area (Å²) < 4.78 is 50.2. The van der Waals surface area contributed by atoms with E-state index in [1.165, 1.54) is 0 Å². The number of hydrogen-bond acceptors (Lipinski definition) is 7. The molecule has 41 heavy (non-hydrogen) atoms. The van der Waals surface area contributed by atoms with Crippen LogP contribution < -0.4 is 27.8 Å². The maximum absolute atomic E-state index is 14.9. The van der Waals surface area contributed by atoms with Gasteiger partial charge in [-0.15, -0.1) is 0 Å². The molecule has 0 atom stereocenters. The minimum Gasteiger partial charge on any atom is -0.497 e. The van der Waals surface area contributed by atoms with E-state index >= 15 is 0 Å². The van der Waals surface area contributed by atoms with E-state index in [9.17, 15) is 4.57 Å². The first-order valence-corrected chi connectivity index (χ1v) is 15.1. The molecule has 0 aliphatic heterocycles. The van der Waals surface area contributed by atoms with Crippen LogP contribution in [0.15, 0.2) is 54.6 Å². The van der Waals surface area contributed by atoms with Gasteiger partial charge in [0.25, 0.3) is 0 Å². The Morgan fingerprint density at radius 1 is 0.463 bits per heavy atom. The van der Waals surface area contributed by atoms with E-state index in [0.717, 1.165) is 16.7 Å². The van der Waals surface area contributed by atoms with Gasteiger partial charge in [-0.2, -0.15) is 4.57 Å². The molecule has 0 saturated heterocycles. The lowest BCUT2D eigenvalue weighted by Gasteiger charge is -2.29. The molecule has 8 heteroatoms. The fourth-order valence-corrected chi connectivity index (χ4v) is 5.63. The summed E-state index contributed by atoms with van der Waals surface area (Å²) in [5, 5.41) is 0. The Labute approximate surface area is 245 Å². The number of ether oxygens (including phenoxy) is 3. The molecule has 0 radical (unpaired) electrons. The number of phosphoric ester groups is 1. The summed E-state index contributed by atoms with van der Waals surface area (Å²) in [5.74, 6) is 3.10. The number of rotatable bonds is 9. The van der Waals surface area contributed by atoms with E-state index in [1.807, 2.05) is 80.5 Å². The summed E-state index contributed by atoms with van der Waals surface area (Å²) in [4.78, 5) is 0. The molecule has 0 bridgehead atoms. The Morgan fingerprint density at radius 3 is 0.902 bits per heavy atom. The molecule has 0 N–H and O–H groups in total. The Morgan fingerprint density at radius 2 is 0.707 bits per heavy atom. The third kappa shape index (κ3) is 7.91. The summed E-state index contributed by atoms with van der Waals surface area (Å²) in [5.41, 5.74) is 1.30. The predicted molar refractivity (Wildman–Crippen MR) is 165 cm³/mol. The Hall–Kier alpha value is -3.31. The molecule has 0 aliphatic rings. The zero-order chi connectivity index (χ0) is 30.8. The molecule has 0 heterocycles. The van der Waals surface area contributed by atoms with Crippen molar-refractivity contribution in [3.05, 3.63) is 71.3 Å². The van der Waals surface area contributed by atoms with E-state index in [2.05, 4.69) is 0 Å². The topological polar surface area (TPSA) is 72.5 Å². The average molecular weight is 585 g/mol. The Kier molecular flexibility index (Phi) is 9.34. The molecule has 0 saturated carbocycles. The largest absolute Gasteiger partial charge is 0.647 e. The lowest BCUT2D eigenvalue weighted by molar-refractivity contribution is 0.289. The van der Waals surface area contributed by atoms with E-state index in [1.54, 1.807) is 57.7 Å². The lowest BCUT2D eigenvalue weighted by Crippen LogP contribution is -2.18. The molecule has 0 unspecified atom stereocenters. The summed E-state index contributed by atoms with van der Waals surface area (Å²) >= 11 is 0. The Bertz CT molecular complexity index is 1240. The average Bonchev–Trinajstić information content (AvgIpc) is 2.87. The number of methoxy groups -OCH3 is 3. The van der Waals surface area contributed by atoms with E-state index in [-0.39, 0.29) is 16.2 Å². The molecule has 3 aromatic carbocycles. The van der Waals surface area contributed by atoms with Gasteiger partial charge in [0.1, 0.15) is 34.5 Å². The van der Waals surface area contributed by atoms with Crippen LogP contribution in [0.25, 0.3) is 0 Å². The molecular formula is C33H45O7P. The summed E-state index contributed by atoms with van der Waals surface area (Å²) in [7, 11) is 0.450. The van der Waals surface area contributed by atoms with Crippen LogP contribution in [0.3, 0.4) is 0 Å². The third-order valence-corrected chi connectivity index (χ3v) is 7.88. The van der Waals surface area contributed by atoms with Gasteiger partial charge in [-0.3, -0.25) is 0 Å². The van der Waals surface area contributed by atoms with Crippen molar-refractivity contribution in [3.63, 3.8) is 0 Å². The highest BCUT2D eigenvalue weighted by Crippen LogP contribution is 2.55. The zero-order valence-corrected chi connectivity index (χ0v) is 27.4.